The second-order valence-corrected chi connectivity index (χ2v) is 6.38. The van der Waals surface area contributed by atoms with E-state index < -0.39 is 0 Å². The predicted octanol–water partition coefficient (Wildman–Crippen LogP) is 2.28. The normalized spacial score (nSPS) is 20.0. The maximum absolute atomic E-state index is 5.68. The lowest BCUT2D eigenvalue weighted by Crippen LogP contribution is -2.30. The lowest BCUT2D eigenvalue weighted by molar-refractivity contribution is 0.0851. The highest BCUT2D eigenvalue weighted by molar-refractivity contribution is 5.44. The van der Waals surface area contributed by atoms with E-state index >= 15 is 0 Å². The summed E-state index contributed by atoms with van der Waals surface area (Å²) in [5.41, 5.74) is 1.23. The van der Waals surface area contributed by atoms with E-state index in [-0.39, 0.29) is 0 Å². The fourth-order valence-electron chi connectivity index (χ4n) is 3.43. The van der Waals surface area contributed by atoms with Crippen molar-refractivity contribution >= 4 is 0 Å². The van der Waals surface area contributed by atoms with Crippen molar-refractivity contribution in [2.75, 3.05) is 26.6 Å². The first kappa shape index (κ1) is 15.5. The smallest absolute Gasteiger partial charge is 0.231 e. The molecule has 2 aliphatic heterocycles. The summed E-state index contributed by atoms with van der Waals surface area (Å²) in [7, 11) is 0. The van der Waals surface area contributed by atoms with Crippen molar-refractivity contribution in [2.24, 2.45) is 5.92 Å². The molecule has 0 aliphatic carbocycles. The monoisotopic (exact) mass is 329 g/mol. The van der Waals surface area contributed by atoms with Crippen molar-refractivity contribution in [3.05, 3.63) is 42.0 Å². The Hall–Kier alpha value is -2.05. The molecule has 24 heavy (non-hydrogen) atoms. The molecule has 0 N–H and O–H groups in total. The largest absolute Gasteiger partial charge is 0.454 e. The van der Waals surface area contributed by atoms with Gasteiger partial charge in [-0.15, -0.1) is 0 Å². The van der Waals surface area contributed by atoms with Crippen LogP contribution in [0.2, 0.25) is 0 Å². The molecular weight excluding hydrogens is 306 g/mol. The fraction of sp³-hybridized carbons (Fsp3) is 0.500. The van der Waals surface area contributed by atoms with Gasteiger partial charge in [0.15, 0.2) is 11.5 Å². The van der Waals surface area contributed by atoms with Crippen molar-refractivity contribution in [1.82, 2.24) is 14.5 Å². The first-order chi connectivity index (χ1) is 11.8. The summed E-state index contributed by atoms with van der Waals surface area (Å²) in [6.45, 7) is 7.59. The van der Waals surface area contributed by atoms with Crippen molar-refractivity contribution in [3.63, 3.8) is 0 Å². The Bertz CT molecular complexity index is 701. The summed E-state index contributed by atoms with van der Waals surface area (Å²) in [5, 5.41) is 0. The number of hydrogen-bond acceptors (Lipinski definition) is 5. The zero-order chi connectivity index (χ0) is 16.4. The highest BCUT2D eigenvalue weighted by Crippen LogP contribution is 2.33. The lowest BCUT2D eigenvalue weighted by Gasteiger charge is -2.23. The van der Waals surface area contributed by atoms with Crippen molar-refractivity contribution in [3.8, 4) is 11.5 Å². The van der Waals surface area contributed by atoms with Crippen LogP contribution in [0.1, 0.15) is 18.3 Å². The SMILES string of the molecule is CCOC[C@@H]1CN(Cc2ccc3c(c2)OCO3)Cc2nccn2C1. The Morgan fingerprint density at radius 3 is 3.08 bits per heavy atom. The van der Waals surface area contributed by atoms with Gasteiger partial charge in [0, 0.05) is 44.6 Å². The van der Waals surface area contributed by atoms with E-state index in [1.54, 1.807) is 0 Å². The van der Waals surface area contributed by atoms with E-state index in [2.05, 4.69) is 32.8 Å². The molecule has 6 heteroatoms. The number of rotatable bonds is 5. The molecule has 0 radical (unpaired) electrons. The molecule has 0 saturated carbocycles. The van der Waals surface area contributed by atoms with Gasteiger partial charge in [0.25, 0.3) is 0 Å². The molecule has 3 heterocycles. The molecule has 1 aromatic heterocycles. The maximum Gasteiger partial charge on any atom is 0.231 e. The maximum atomic E-state index is 5.68. The van der Waals surface area contributed by atoms with Crippen molar-refractivity contribution in [2.45, 2.75) is 26.6 Å². The quantitative estimate of drug-likeness (QED) is 0.842. The number of ether oxygens (including phenoxy) is 3. The van der Waals surface area contributed by atoms with Crippen LogP contribution in [0, 0.1) is 5.92 Å². The third-order valence-corrected chi connectivity index (χ3v) is 4.54. The van der Waals surface area contributed by atoms with Gasteiger partial charge in [-0.05, 0) is 24.6 Å². The Kier molecular flexibility index (Phi) is 4.40. The van der Waals surface area contributed by atoms with Gasteiger partial charge in [0.05, 0.1) is 13.2 Å². The minimum atomic E-state index is 0.316. The first-order valence-electron chi connectivity index (χ1n) is 8.50. The zero-order valence-electron chi connectivity index (χ0n) is 14.0. The van der Waals surface area contributed by atoms with Crippen LogP contribution in [-0.4, -0.2) is 41.0 Å². The molecule has 0 bridgehead atoms. The molecule has 0 saturated heterocycles. The number of benzene rings is 1. The second kappa shape index (κ2) is 6.83. The number of imidazole rings is 1. The molecule has 0 unspecified atom stereocenters. The Labute approximate surface area is 142 Å². The molecule has 6 nitrogen and oxygen atoms in total. The first-order valence-corrected chi connectivity index (χ1v) is 8.50. The molecule has 0 spiro atoms. The van der Waals surface area contributed by atoms with Crippen LogP contribution >= 0.6 is 0 Å². The molecule has 0 fully saturated rings. The molecule has 2 aromatic rings. The van der Waals surface area contributed by atoms with Crippen LogP contribution in [0.25, 0.3) is 0 Å². The second-order valence-electron chi connectivity index (χ2n) is 6.38. The van der Waals surface area contributed by atoms with E-state index in [9.17, 15) is 0 Å². The summed E-state index contributed by atoms with van der Waals surface area (Å²) in [6, 6.07) is 6.19. The molecule has 2 aliphatic rings. The highest BCUT2D eigenvalue weighted by Gasteiger charge is 2.23. The number of hydrogen-bond donors (Lipinski definition) is 0. The van der Waals surface area contributed by atoms with Gasteiger partial charge in [-0.1, -0.05) is 6.07 Å². The number of nitrogens with zero attached hydrogens (tertiary/aromatic N) is 3. The number of fused-ring (bicyclic) bond motifs is 2. The Morgan fingerprint density at radius 2 is 2.17 bits per heavy atom. The topological polar surface area (TPSA) is 48.8 Å². The number of aromatic nitrogens is 2. The molecular formula is C18H23N3O3. The van der Waals surface area contributed by atoms with Gasteiger partial charge in [-0.2, -0.15) is 0 Å². The Balaban J connectivity index is 1.50. The molecule has 1 aromatic carbocycles. The van der Waals surface area contributed by atoms with Crippen LogP contribution in [0.4, 0.5) is 0 Å². The van der Waals surface area contributed by atoms with Crippen LogP contribution in [0.3, 0.4) is 0 Å². The summed E-state index contributed by atoms with van der Waals surface area (Å²) in [4.78, 5) is 6.95. The molecule has 4 rings (SSSR count). The van der Waals surface area contributed by atoms with Crippen LogP contribution in [0.5, 0.6) is 11.5 Å². The summed E-state index contributed by atoms with van der Waals surface area (Å²) in [6.07, 6.45) is 3.95. The third kappa shape index (κ3) is 3.25. The van der Waals surface area contributed by atoms with Gasteiger partial charge in [0.2, 0.25) is 6.79 Å². The minimum Gasteiger partial charge on any atom is -0.454 e. The van der Waals surface area contributed by atoms with E-state index in [1.165, 1.54) is 5.56 Å². The molecule has 0 amide bonds. The minimum absolute atomic E-state index is 0.316. The standard InChI is InChI=1S/C18H23N3O3/c1-2-22-12-15-9-20(11-18-19-5-6-21(18)10-15)8-14-3-4-16-17(7-14)24-13-23-16/h3-7,15H,2,8-13H2,1H3/t15-/m1/s1. The lowest BCUT2D eigenvalue weighted by atomic mass is 10.1. The van der Waals surface area contributed by atoms with Gasteiger partial charge in [-0.3, -0.25) is 4.90 Å². The van der Waals surface area contributed by atoms with Crippen LogP contribution < -0.4 is 9.47 Å². The van der Waals surface area contributed by atoms with Crippen molar-refractivity contribution in [1.29, 1.82) is 0 Å². The van der Waals surface area contributed by atoms with Crippen LogP contribution in [-0.2, 0) is 24.4 Å². The average molecular weight is 329 g/mol. The average Bonchev–Trinajstić information content (AvgIpc) is 3.18. The third-order valence-electron chi connectivity index (χ3n) is 4.54. The van der Waals surface area contributed by atoms with E-state index in [4.69, 9.17) is 14.2 Å². The summed E-state index contributed by atoms with van der Waals surface area (Å²) >= 11 is 0. The molecule has 128 valence electrons. The summed E-state index contributed by atoms with van der Waals surface area (Å²) < 4.78 is 18.8. The Morgan fingerprint density at radius 1 is 1.25 bits per heavy atom. The van der Waals surface area contributed by atoms with Gasteiger partial charge in [0.1, 0.15) is 5.82 Å². The van der Waals surface area contributed by atoms with E-state index in [1.807, 2.05) is 19.2 Å². The highest BCUT2D eigenvalue weighted by atomic mass is 16.7. The summed E-state index contributed by atoms with van der Waals surface area (Å²) in [5.74, 6) is 3.26. The van der Waals surface area contributed by atoms with E-state index in [0.717, 1.165) is 56.7 Å². The van der Waals surface area contributed by atoms with E-state index in [0.29, 0.717) is 12.7 Å². The zero-order valence-corrected chi connectivity index (χ0v) is 14.0. The van der Waals surface area contributed by atoms with Gasteiger partial charge < -0.3 is 18.8 Å². The predicted molar refractivity (Wildman–Crippen MR) is 88.9 cm³/mol. The molecule has 1 atom stereocenters. The van der Waals surface area contributed by atoms with Gasteiger partial charge in [-0.25, -0.2) is 4.98 Å². The van der Waals surface area contributed by atoms with Gasteiger partial charge >= 0.3 is 0 Å². The van der Waals surface area contributed by atoms with Crippen molar-refractivity contribution < 1.29 is 14.2 Å². The fourth-order valence-corrected chi connectivity index (χ4v) is 3.43. The van der Waals surface area contributed by atoms with Crippen LogP contribution in [0.15, 0.2) is 30.6 Å².